The highest BCUT2D eigenvalue weighted by Crippen LogP contribution is 2.65. The van der Waals surface area contributed by atoms with Gasteiger partial charge in [0, 0.05) is 0 Å². The van der Waals surface area contributed by atoms with E-state index in [1.165, 1.54) is 37.4 Å². The molecule has 1 saturated carbocycles. The number of nitrogens with zero attached hydrogens (tertiary/aromatic N) is 3. The van der Waals surface area contributed by atoms with Gasteiger partial charge in [-0.2, -0.15) is 0 Å². The van der Waals surface area contributed by atoms with Crippen molar-refractivity contribution in [2.24, 2.45) is 5.41 Å². The number of oxazole rings is 2. The van der Waals surface area contributed by atoms with Crippen molar-refractivity contribution >= 4 is 5.91 Å². The minimum atomic E-state index is -0.700. The zero-order chi connectivity index (χ0) is 19.1. The molecule has 1 aliphatic carbocycles. The standard InChI is InChI=1S/C20H20FN3O3/c1-19(2)11-20(19,14-3-5-15(21)6-4-14)18(25)24(7-16-9-26-12-22-16)8-17-10-27-13-23-17/h3-6,9-10,12-13H,7-8,11H2,1-2H3. The van der Waals surface area contributed by atoms with E-state index < -0.39 is 5.41 Å². The fourth-order valence-electron chi connectivity index (χ4n) is 3.83. The number of amides is 1. The Morgan fingerprint density at radius 3 is 2.00 bits per heavy atom. The molecule has 0 saturated heterocycles. The van der Waals surface area contributed by atoms with E-state index in [1.807, 2.05) is 0 Å². The normalized spacial score (nSPS) is 20.4. The van der Waals surface area contributed by atoms with Crippen LogP contribution >= 0.6 is 0 Å². The molecule has 140 valence electrons. The maximum absolute atomic E-state index is 13.7. The maximum atomic E-state index is 13.7. The number of benzene rings is 1. The highest BCUT2D eigenvalue weighted by atomic mass is 19.1. The zero-order valence-electron chi connectivity index (χ0n) is 15.2. The summed E-state index contributed by atoms with van der Waals surface area (Å²) >= 11 is 0. The zero-order valence-corrected chi connectivity index (χ0v) is 15.2. The summed E-state index contributed by atoms with van der Waals surface area (Å²) in [5.41, 5.74) is 1.20. The third kappa shape index (κ3) is 3.03. The van der Waals surface area contributed by atoms with Crippen LogP contribution in [-0.2, 0) is 23.3 Å². The van der Waals surface area contributed by atoms with Crippen molar-refractivity contribution in [2.45, 2.75) is 38.8 Å². The number of carbonyl (C=O) groups excluding carboxylic acids is 1. The van der Waals surface area contributed by atoms with Gasteiger partial charge in [-0.3, -0.25) is 4.79 Å². The van der Waals surface area contributed by atoms with Crippen LogP contribution in [0.25, 0.3) is 0 Å². The predicted octanol–water partition coefficient (Wildman–Crippen LogP) is 3.70. The monoisotopic (exact) mass is 369 g/mol. The van der Waals surface area contributed by atoms with E-state index in [2.05, 4.69) is 23.8 Å². The average Bonchev–Trinajstić information content (AvgIpc) is 3.10. The quantitative estimate of drug-likeness (QED) is 0.662. The summed E-state index contributed by atoms with van der Waals surface area (Å²) in [6, 6.07) is 6.20. The van der Waals surface area contributed by atoms with Gasteiger partial charge in [0.2, 0.25) is 5.91 Å². The summed E-state index contributed by atoms with van der Waals surface area (Å²) in [6.07, 6.45) is 6.41. The third-order valence-electron chi connectivity index (χ3n) is 5.40. The lowest BCUT2D eigenvalue weighted by molar-refractivity contribution is -0.136. The summed E-state index contributed by atoms with van der Waals surface area (Å²) in [6.45, 7) is 4.69. The van der Waals surface area contributed by atoms with Crippen LogP contribution < -0.4 is 0 Å². The smallest absolute Gasteiger partial charge is 0.234 e. The molecule has 1 aromatic carbocycles. The molecule has 1 fully saturated rings. The van der Waals surface area contributed by atoms with Crippen LogP contribution in [0, 0.1) is 11.2 Å². The van der Waals surface area contributed by atoms with Crippen molar-refractivity contribution in [3.8, 4) is 0 Å². The Morgan fingerprint density at radius 1 is 1.07 bits per heavy atom. The van der Waals surface area contributed by atoms with Crippen molar-refractivity contribution in [3.05, 3.63) is 72.3 Å². The predicted molar refractivity (Wildman–Crippen MR) is 93.7 cm³/mol. The van der Waals surface area contributed by atoms with Crippen LogP contribution in [0.4, 0.5) is 4.39 Å². The number of halogens is 1. The molecular formula is C20H20FN3O3. The molecular weight excluding hydrogens is 349 g/mol. The minimum Gasteiger partial charge on any atom is -0.451 e. The Kier molecular flexibility index (Phi) is 4.09. The van der Waals surface area contributed by atoms with E-state index in [1.54, 1.807) is 17.0 Å². The fourth-order valence-corrected chi connectivity index (χ4v) is 3.83. The van der Waals surface area contributed by atoms with Gasteiger partial charge in [-0.1, -0.05) is 26.0 Å². The molecule has 0 spiro atoms. The van der Waals surface area contributed by atoms with Gasteiger partial charge in [-0.05, 0) is 29.5 Å². The van der Waals surface area contributed by atoms with Crippen LogP contribution in [-0.4, -0.2) is 20.8 Å². The summed E-state index contributed by atoms with van der Waals surface area (Å²) in [4.78, 5) is 23.7. The number of hydrogen-bond donors (Lipinski definition) is 0. The van der Waals surface area contributed by atoms with Gasteiger partial charge in [0.25, 0.3) is 0 Å². The molecule has 6 nitrogen and oxygen atoms in total. The van der Waals surface area contributed by atoms with E-state index in [-0.39, 0.29) is 17.1 Å². The lowest BCUT2D eigenvalue weighted by Gasteiger charge is -2.29. The van der Waals surface area contributed by atoms with E-state index in [4.69, 9.17) is 8.83 Å². The second-order valence-electron chi connectivity index (χ2n) is 7.59. The second kappa shape index (κ2) is 6.33. The molecule has 3 aromatic rings. The molecule has 0 radical (unpaired) electrons. The average molecular weight is 369 g/mol. The van der Waals surface area contributed by atoms with Crippen molar-refractivity contribution in [3.63, 3.8) is 0 Å². The lowest BCUT2D eigenvalue weighted by Crippen LogP contribution is -2.41. The van der Waals surface area contributed by atoms with E-state index >= 15 is 0 Å². The number of rotatable bonds is 6. The summed E-state index contributed by atoms with van der Waals surface area (Å²) in [7, 11) is 0. The molecule has 2 aromatic heterocycles. The maximum Gasteiger partial charge on any atom is 0.234 e. The van der Waals surface area contributed by atoms with Crippen LogP contribution in [0.1, 0.15) is 37.2 Å². The molecule has 1 aliphatic rings. The number of carbonyl (C=O) groups is 1. The first-order valence-corrected chi connectivity index (χ1v) is 8.72. The van der Waals surface area contributed by atoms with Gasteiger partial charge in [0.05, 0.1) is 29.9 Å². The Balaban J connectivity index is 1.69. The molecule has 0 aliphatic heterocycles. The third-order valence-corrected chi connectivity index (χ3v) is 5.40. The van der Waals surface area contributed by atoms with Crippen molar-refractivity contribution in [2.75, 3.05) is 0 Å². The first kappa shape index (κ1) is 17.5. The van der Waals surface area contributed by atoms with Gasteiger partial charge in [0.15, 0.2) is 12.8 Å². The Labute approximate surface area is 156 Å². The first-order chi connectivity index (χ1) is 12.9. The summed E-state index contributed by atoms with van der Waals surface area (Å²) < 4.78 is 23.5. The Morgan fingerprint density at radius 2 is 1.59 bits per heavy atom. The van der Waals surface area contributed by atoms with E-state index in [0.29, 0.717) is 30.9 Å². The Bertz CT molecular complexity index is 884. The molecule has 2 heterocycles. The molecule has 1 atom stereocenters. The minimum absolute atomic E-state index is 0.0369. The lowest BCUT2D eigenvalue weighted by atomic mass is 9.86. The molecule has 4 rings (SSSR count). The second-order valence-corrected chi connectivity index (χ2v) is 7.59. The largest absolute Gasteiger partial charge is 0.451 e. The van der Waals surface area contributed by atoms with Crippen molar-refractivity contribution in [1.82, 2.24) is 14.9 Å². The van der Waals surface area contributed by atoms with Crippen LogP contribution in [0.3, 0.4) is 0 Å². The van der Waals surface area contributed by atoms with Gasteiger partial charge >= 0.3 is 0 Å². The summed E-state index contributed by atoms with van der Waals surface area (Å²) in [5.74, 6) is -0.355. The van der Waals surface area contributed by atoms with Crippen LogP contribution in [0.5, 0.6) is 0 Å². The molecule has 1 amide bonds. The van der Waals surface area contributed by atoms with Gasteiger partial charge in [-0.15, -0.1) is 0 Å². The molecule has 0 bridgehead atoms. The van der Waals surface area contributed by atoms with Gasteiger partial charge < -0.3 is 13.7 Å². The van der Waals surface area contributed by atoms with Crippen molar-refractivity contribution in [1.29, 1.82) is 0 Å². The SMILES string of the molecule is CC1(C)CC1(C(=O)N(Cc1cocn1)Cc1cocn1)c1ccc(F)cc1. The van der Waals surface area contributed by atoms with Crippen LogP contribution in [0.2, 0.25) is 0 Å². The molecule has 1 unspecified atom stereocenters. The van der Waals surface area contributed by atoms with E-state index in [0.717, 1.165) is 5.56 Å². The number of aromatic nitrogens is 2. The number of hydrogen-bond acceptors (Lipinski definition) is 5. The van der Waals surface area contributed by atoms with Gasteiger partial charge in [0.1, 0.15) is 18.3 Å². The van der Waals surface area contributed by atoms with Crippen molar-refractivity contribution < 1.29 is 18.0 Å². The molecule has 27 heavy (non-hydrogen) atoms. The summed E-state index contributed by atoms with van der Waals surface area (Å²) in [5, 5.41) is 0. The molecule has 7 heteroatoms. The highest BCUT2D eigenvalue weighted by molar-refractivity contribution is 5.93. The fraction of sp³-hybridized carbons (Fsp3) is 0.350. The van der Waals surface area contributed by atoms with Gasteiger partial charge in [-0.25, -0.2) is 14.4 Å². The highest BCUT2D eigenvalue weighted by Gasteiger charge is 2.68. The van der Waals surface area contributed by atoms with Crippen LogP contribution in [0.15, 0.2) is 58.4 Å². The molecule has 0 N–H and O–H groups in total. The van der Waals surface area contributed by atoms with E-state index in [9.17, 15) is 9.18 Å². The topological polar surface area (TPSA) is 72.4 Å². The first-order valence-electron chi connectivity index (χ1n) is 8.72. The Hall–Kier alpha value is -2.96.